The Balaban J connectivity index is 1.90. The number of hydrogen-bond acceptors (Lipinski definition) is 4. The molecule has 1 aromatic carbocycles. The van der Waals surface area contributed by atoms with Gasteiger partial charge in [0.25, 0.3) is 5.91 Å². The van der Waals surface area contributed by atoms with Gasteiger partial charge < -0.3 is 4.74 Å². The highest BCUT2D eigenvalue weighted by Crippen LogP contribution is 2.18. The number of nitrogens with zero attached hydrogens (tertiary/aromatic N) is 1. The van der Waals surface area contributed by atoms with Crippen molar-refractivity contribution in [3.05, 3.63) is 29.8 Å². The Labute approximate surface area is 110 Å². The third-order valence-electron chi connectivity index (χ3n) is 2.41. The number of carbonyl (C=O) groups excluding carboxylic acids is 1. The summed E-state index contributed by atoms with van der Waals surface area (Å²) in [4.78, 5) is 13.4. The SMILES string of the molecule is Cc1cccc(OCC(=O)N2CCSC2=S)c1. The molecule has 1 aliphatic heterocycles. The maximum absolute atomic E-state index is 11.8. The molecule has 1 aromatic rings. The predicted octanol–water partition coefficient (Wildman–Crippen LogP) is 2.23. The largest absolute Gasteiger partial charge is 0.484 e. The second-order valence-corrected chi connectivity index (χ2v) is 5.49. The Morgan fingerprint density at radius 2 is 2.41 bits per heavy atom. The Morgan fingerprint density at radius 1 is 1.59 bits per heavy atom. The van der Waals surface area contributed by atoms with E-state index in [1.165, 1.54) is 11.8 Å². The third-order valence-corrected chi connectivity index (χ3v) is 3.84. The van der Waals surface area contributed by atoms with Crippen LogP contribution in [0.5, 0.6) is 5.75 Å². The van der Waals surface area contributed by atoms with Gasteiger partial charge in [-0.25, -0.2) is 0 Å². The predicted molar refractivity (Wildman–Crippen MR) is 73.4 cm³/mol. The molecule has 1 aliphatic rings. The summed E-state index contributed by atoms with van der Waals surface area (Å²) in [6.45, 7) is 2.73. The first-order valence-corrected chi connectivity index (χ1v) is 6.73. The molecule has 0 aliphatic carbocycles. The van der Waals surface area contributed by atoms with E-state index < -0.39 is 0 Å². The van der Waals surface area contributed by atoms with Gasteiger partial charge in [0.2, 0.25) is 0 Å². The van der Waals surface area contributed by atoms with E-state index in [-0.39, 0.29) is 12.5 Å². The molecule has 0 radical (unpaired) electrons. The molecule has 3 nitrogen and oxygen atoms in total. The van der Waals surface area contributed by atoms with Crippen LogP contribution < -0.4 is 4.74 Å². The van der Waals surface area contributed by atoms with Crippen molar-refractivity contribution in [2.75, 3.05) is 18.9 Å². The molecule has 0 unspecified atom stereocenters. The van der Waals surface area contributed by atoms with Crippen LogP contribution in [0.3, 0.4) is 0 Å². The van der Waals surface area contributed by atoms with Crippen molar-refractivity contribution in [3.8, 4) is 5.75 Å². The van der Waals surface area contributed by atoms with Crippen LogP contribution in [0, 0.1) is 6.92 Å². The Hall–Kier alpha value is -1.07. The van der Waals surface area contributed by atoms with Gasteiger partial charge in [-0.2, -0.15) is 0 Å². The monoisotopic (exact) mass is 267 g/mol. The molecule has 0 spiro atoms. The molecule has 0 bridgehead atoms. The van der Waals surface area contributed by atoms with E-state index in [1.54, 1.807) is 4.90 Å². The minimum absolute atomic E-state index is 0.0458. The van der Waals surface area contributed by atoms with E-state index in [0.717, 1.165) is 17.1 Å². The van der Waals surface area contributed by atoms with Crippen molar-refractivity contribution in [1.29, 1.82) is 0 Å². The second kappa shape index (κ2) is 5.51. The summed E-state index contributed by atoms with van der Waals surface area (Å²) in [5, 5.41) is 0. The van der Waals surface area contributed by atoms with Gasteiger partial charge in [-0.15, -0.1) is 0 Å². The van der Waals surface area contributed by atoms with Gasteiger partial charge >= 0.3 is 0 Å². The van der Waals surface area contributed by atoms with Crippen LogP contribution in [0.25, 0.3) is 0 Å². The lowest BCUT2D eigenvalue weighted by atomic mass is 10.2. The lowest BCUT2D eigenvalue weighted by molar-refractivity contribution is -0.128. The third kappa shape index (κ3) is 3.20. The van der Waals surface area contributed by atoms with E-state index in [4.69, 9.17) is 17.0 Å². The zero-order valence-corrected chi connectivity index (χ0v) is 11.1. The minimum atomic E-state index is -0.0680. The number of thiocarbonyl (C=S) groups is 1. The molecule has 2 rings (SSSR count). The molecule has 0 saturated carbocycles. The van der Waals surface area contributed by atoms with Gasteiger partial charge in [0.05, 0.1) is 0 Å². The molecule has 0 N–H and O–H groups in total. The van der Waals surface area contributed by atoms with E-state index in [1.807, 2.05) is 31.2 Å². The van der Waals surface area contributed by atoms with Gasteiger partial charge in [0, 0.05) is 12.3 Å². The maximum atomic E-state index is 11.8. The molecule has 1 fully saturated rings. The first kappa shape index (κ1) is 12.4. The quantitative estimate of drug-likeness (QED) is 0.786. The number of carbonyl (C=O) groups is 1. The molecular weight excluding hydrogens is 254 g/mol. The summed E-state index contributed by atoms with van der Waals surface area (Å²) in [7, 11) is 0. The fourth-order valence-corrected chi connectivity index (χ4v) is 2.79. The van der Waals surface area contributed by atoms with E-state index >= 15 is 0 Å². The number of benzene rings is 1. The zero-order valence-electron chi connectivity index (χ0n) is 9.51. The molecule has 17 heavy (non-hydrogen) atoms. The zero-order chi connectivity index (χ0) is 12.3. The number of rotatable bonds is 3. The minimum Gasteiger partial charge on any atom is -0.484 e. The summed E-state index contributed by atoms with van der Waals surface area (Å²) >= 11 is 6.62. The average molecular weight is 267 g/mol. The standard InChI is InChI=1S/C12H13NO2S2/c1-9-3-2-4-10(7-9)15-8-11(14)13-5-6-17-12(13)16/h2-4,7H,5-6,8H2,1H3. The summed E-state index contributed by atoms with van der Waals surface area (Å²) in [6, 6.07) is 7.65. The summed E-state index contributed by atoms with van der Waals surface area (Å²) in [5.41, 5.74) is 1.11. The number of ether oxygens (including phenoxy) is 1. The number of aryl methyl sites for hydroxylation is 1. The molecule has 90 valence electrons. The molecule has 1 amide bonds. The van der Waals surface area contributed by atoms with E-state index in [2.05, 4.69) is 0 Å². The smallest absolute Gasteiger partial charge is 0.265 e. The van der Waals surface area contributed by atoms with Gasteiger partial charge in [0.1, 0.15) is 10.1 Å². The average Bonchev–Trinajstić information content (AvgIpc) is 2.72. The van der Waals surface area contributed by atoms with Crippen LogP contribution in [0.15, 0.2) is 24.3 Å². The van der Waals surface area contributed by atoms with Crippen LogP contribution in [0.2, 0.25) is 0 Å². The van der Waals surface area contributed by atoms with Crippen LogP contribution >= 0.6 is 24.0 Å². The number of hydrogen-bond donors (Lipinski definition) is 0. The van der Waals surface area contributed by atoms with Crippen molar-refractivity contribution in [3.63, 3.8) is 0 Å². The fourth-order valence-electron chi connectivity index (χ4n) is 1.55. The van der Waals surface area contributed by atoms with Gasteiger partial charge in [-0.05, 0) is 24.6 Å². The number of thioether (sulfide) groups is 1. The van der Waals surface area contributed by atoms with E-state index in [0.29, 0.717) is 10.9 Å². The van der Waals surface area contributed by atoms with E-state index in [9.17, 15) is 4.79 Å². The Morgan fingerprint density at radius 3 is 3.06 bits per heavy atom. The topological polar surface area (TPSA) is 29.5 Å². The summed E-state index contributed by atoms with van der Waals surface area (Å²) in [5.74, 6) is 1.53. The van der Waals surface area contributed by atoms with Gasteiger partial charge in [0.15, 0.2) is 6.61 Å². The second-order valence-electron chi connectivity index (χ2n) is 3.76. The molecular formula is C12H13NO2S2. The maximum Gasteiger partial charge on any atom is 0.265 e. The molecule has 5 heteroatoms. The first-order valence-electron chi connectivity index (χ1n) is 5.33. The highest BCUT2D eigenvalue weighted by Gasteiger charge is 2.24. The summed E-state index contributed by atoms with van der Waals surface area (Å²) < 4.78 is 6.10. The van der Waals surface area contributed by atoms with Gasteiger partial charge in [-0.1, -0.05) is 36.1 Å². The molecule has 1 saturated heterocycles. The fraction of sp³-hybridized carbons (Fsp3) is 0.333. The molecule has 0 aromatic heterocycles. The van der Waals surface area contributed by atoms with Crippen molar-refractivity contribution in [1.82, 2.24) is 4.90 Å². The van der Waals surface area contributed by atoms with Crippen LogP contribution in [-0.4, -0.2) is 34.0 Å². The van der Waals surface area contributed by atoms with Gasteiger partial charge in [-0.3, -0.25) is 9.69 Å². The highest BCUT2D eigenvalue weighted by molar-refractivity contribution is 8.23. The molecule has 1 heterocycles. The van der Waals surface area contributed by atoms with Crippen molar-refractivity contribution < 1.29 is 9.53 Å². The van der Waals surface area contributed by atoms with Crippen LogP contribution in [-0.2, 0) is 4.79 Å². The Kier molecular flexibility index (Phi) is 4.02. The molecule has 0 atom stereocenters. The number of amides is 1. The highest BCUT2D eigenvalue weighted by atomic mass is 32.2. The van der Waals surface area contributed by atoms with Crippen molar-refractivity contribution in [2.45, 2.75) is 6.92 Å². The Bertz CT molecular complexity index is 448. The van der Waals surface area contributed by atoms with Crippen molar-refractivity contribution >= 4 is 34.2 Å². The lowest BCUT2D eigenvalue weighted by Gasteiger charge is -2.15. The van der Waals surface area contributed by atoms with Crippen molar-refractivity contribution in [2.24, 2.45) is 0 Å². The van der Waals surface area contributed by atoms with Crippen LogP contribution in [0.4, 0.5) is 0 Å². The first-order chi connectivity index (χ1) is 8.16. The summed E-state index contributed by atoms with van der Waals surface area (Å²) in [6.07, 6.45) is 0. The normalized spacial score (nSPS) is 15.1. The van der Waals surface area contributed by atoms with Crippen LogP contribution in [0.1, 0.15) is 5.56 Å². The lowest BCUT2D eigenvalue weighted by Crippen LogP contribution is -2.34.